The first-order chi connectivity index (χ1) is 12.0. The zero-order valence-electron chi connectivity index (χ0n) is 15.4. The molecule has 0 atom stereocenters. The summed E-state index contributed by atoms with van der Waals surface area (Å²) in [4.78, 5) is 0.500. The second-order valence-corrected chi connectivity index (χ2v) is 9.15. The van der Waals surface area contributed by atoms with Gasteiger partial charge in [0.1, 0.15) is 0 Å². The van der Waals surface area contributed by atoms with Crippen LogP contribution >= 0.6 is 24.0 Å². The summed E-state index contributed by atoms with van der Waals surface area (Å²) in [5.41, 5.74) is 1.45. The number of sulfonamides is 1. The van der Waals surface area contributed by atoms with Gasteiger partial charge in [-0.2, -0.15) is 4.31 Å². The molecule has 1 aliphatic carbocycles. The van der Waals surface area contributed by atoms with E-state index in [-0.39, 0.29) is 17.9 Å². The van der Waals surface area contributed by atoms with Crippen molar-refractivity contribution in [3.8, 4) is 0 Å². The van der Waals surface area contributed by atoms with E-state index in [1.165, 1.54) is 0 Å². The molecule has 0 saturated heterocycles. The third-order valence-corrected chi connectivity index (χ3v) is 7.74. The number of rotatable bonds is 6. The first kappa shape index (κ1) is 21.7. The number of halogens is 2. The normalized spacial score (nSPS) is 21.3. The number of hydrogen-bond acceptors (Lipinski definition) is 3. The predicted molar refractivity (Wildman–Crippen MR) is 111 cm³/mol. The van der Waals surface area contributed by atoms with Crippen molar-refractivity contribution in [3.05, 3.63) is 40.4 Å². The summed E-state index contributed by atoms with van der Waals surface area (Å²) in [5.74, 6) is 0. The highest BCUT2D eigenvalue weighted by atomic mass is 35.5. The maximum absolute atomic E-state index is 13.5. The predicted octanol–water partition coefficient (Wildman–Crippen LogP) is 4.45. The largest absolute Gasteiger partial charge is 0.313 e. The summed E-state index contributed by atoms with van der Waals surface area (Å²) in [6.45, 7) is 6.11. The average molecular weight is 419 g/mol. The number of nitrogens with one attached hydrogen (secondary N) is 1. The van der Waals surface area contributed by atoms with Crippen LogP contribution in [0.15, 0.2) is 29.8 Å². The Morgan fingerprint density at radius 2 is 1.77 bits per heavy atom. The molecule has 1 aromatic carbocycles. The summed E-state index contributed by atoms with van der Waals surface area (Å²) >= 11 is 6.02. The van der Waals surface area contributed by atoms with E-state index >= 15 is 0 Å². The van der Waals surface area contributed by atoms with Crippen LogP contribution in [0.1, 0.15) is 51.5 Å². The maximum atomic E-state index is 13.5. The van der Waals surface area contributed by atoms with Gasteiger partial charge in [-0.25, -0.2) is 8.42 Å². The topological polar surface area (TPSA) is 49.4 Å². The van der Waals surface area contributed by atoms with Gasteiger partial charge in [0.05, 0.1) is 10.4 Å². The lowest BCUT2D eigenvalue weighted by Crippen LogP contribution is -2.48. The molecule has 0 bridgehead atoms. The maximum Gasteiger partial charge on any atom is 0.244 e. The number of nitrogens with zero attached hydrogens (tertiary/aromatic N) is 1. The van der Waals surface area contributed by atoms with Gasteiger partial charge in [0.2, 0.25) is 10.0 Å². The Morgan fingerprint density at radius 1 is 1.15 bits per heavy atom. The summed E-state index contributed by atoms with van der Waals surface area (Å²) in [6.07, 6.45) is 4.83. The standard InChI is InChI=1S/C19H27ClN2O2S.ClH/c1-3-13-22-19(11-5-6-12-19)17(14-21-4-2)18(25(22,23)24)15-7-9-16(20)10-8-15;/h7-10,21H,3-6,11-14H2,1-2H3;1H. The molecule has 0 aromatic heterocycles. The molecule has 26 heavy (non-hydrogen) atoms. The van der Waals surface area contributed by atoms with Crippen LogP contribution in [0, 0.1) is 0 Å². The second-order valence-electron chi connectivity index (χ2n) is 6.91. The third kappa shape index (κ3) is 3.57. The highest BCUT2D eigenvalue weighted by Gasteiger charge is 2.55. The van der Waals surface area contributed by atoms with E-state index in [0.717, 1.165) is 49.8 Å². The van der Waals surface area contributed by atoms with E-state index in [9.17, 15) is 8.42 Å². The molecular weight excluding hydrogens is 391 g/mol. The molecule has 0 radical (unpaired) electrons. The molecule has 1 aromatic rings. The minimum absolute atomic E-state index is 0. The van der Waals surface area contributed by atoms with Gasteiger partial charge in [-0.1, -0.05) is 50.4 Å². The minimum atomic E-state index is -3.50. The van der Waals surface area contributed by atoms with Crippen molar-refractivity contribution in [2.24, 2.45) is 0 Å². The Balaban J connectivity index is 0.00000243. The summed E-state index contributed by atoms with van der Waals surface area (Å²) in [7, 11) is -3.50. The lowest BCUT2D eigenvalue weighted by atomic mass is 9.86. The zero-order valence-corrected chi connectivity index (χ0v) is 17.8. The van der Waals surface area contributed by atoms with Gasteiger partial charge >= 0.3 is 0 Å². The monoisotopic (exact) mass is 418 g/mol. The molecule has 0 amide bonds. The summed E-state index contributed by atoms with van der Waals surface area (Å²) in [6, 6.07) is 7.21. The Morgan fingerprint density at radius 3 is 2.31 bits per heavy atom. The first-order valence-electron chi connectivity index (χ1n) is 9.20. The first-order valence-corrected chi connectivity index (χ1v) is 11.0. The lowest BCUT2D eigenvalue weighted by Gasteiger charge is -2.36. The van der Waals surface area contributed by atoms with Crippen LogP contribution in [0.5, 0.6) is 0 Å². The van der Waals surface area contributed by atoms with E-state index in [4.69, 9.17) is 11.6 Å². The molecule has 7 heteroatoms. The van der Waals surface area contributed by atoms with Gasteiger partial charge in [0, 0.05) is 18.1 Å². The molecule has 1 aliphatic heterocycles. The van der Waals surface area contributed by atoms with E-state index < -0.39 is 10.0 Å². The van der Waals surface area contributed by atoms with Gasteiger partial charge in [-0.05, 0) is 49.1 Å². The Kier molecular flexibility index (Phi) is 7.19. The molecule has 3 rings (SSSR count). The molecule has 0 unspecified atom stereocenters. The zero-order chi connectivity index (χ0) is 18.1. The number of likely N-dealkylation sites (N-methyl/N-ethyl adjacent to an activating group) is 1. The average Bonchev–Trinajstić information content (AvgIpc) is 3.13. The molecule has 1 N–H and O–H groups in total. The van der Waals surface area contributed by atoms with E-state index in [1.807, 2.05) is 19.1 Å². The van der Waals surface area contributed by atoms with Crippen LogP contribution in [0.3, 0.4) is 0 Å². The van der Waals surface area contributed by atoms with E-state index in [1.54, 1.807) is 16.4 Å². The fraction of sp³-hybridized carbons (Fsp3) is 0.579. The van der Waals surface area contributed by atoms with Crippen molar-refractivity contribution >= 4 is 38.9 Å². The Labute approximate surface area is 168 Å². The highest BCUT2D eigenvalue weighted by Crippen LogP contribution is 2.52. The summed E-state index contributed by atoms with van der Waals surface area (Å²) in [5, 5.41) is 4.00. The Hall–Kier alpha value is -0.590. The van der Waals surface area contributed by atoms with E-state index in [0.29, 0.717) is 23.0 Å². The SMILES string of the molecule is CCCN1C2(CCCC2)C(CNCC)=C(c2ccc(Cl)cc2)S1(=O)=O.Cl. The molecule has 1 spiro atoms. The van der Waals surface area contributed by atoms with Crippen LogP contribution < -0.4 is 5.32 Å². The molecule has 146 valence electrons. The van der Waals surface area contributed by atoms with Crippen LogP contribution in [0.4, 0.5) is 0 Å². The van der Waals surface area contributed by atoms with Gasteiger partial charge in [-0.15, -0.1) is 12.4 Å². The van der Waals surface area contributed by atoms with Crippen LogP contribution in [0.25, 0.3) is 4.91 Å². The van der Waals surface area contributed by atoms with Crippen molar-refractivity contribution in [1.29, 1.82) is 0 Å². The number of benzene rings is 1. The van der Waals surface area contributed by atoms with Crippen molar-refractivity contribution in [2.75, 3.05) is 19.6 Å². The molecule has 4 nitrogen and oxygen atoms in total. The van der Waals surface area contributed by atoms with Crippen LogP contribution in [-0.4, -0.2) is 37.9 Å². The second kappa shape index (κ2) is 8.61. The van der Waals surface area contributed by atoms with Crippen molar-refractivity contribution in [2.45, 2.75) is 51.5 Å². The lowest BCUT2D eigenvalue weighted by molar-refractivity contribution is 0.239. The van der Waals surface area contributed by atoms with Gasteiger partial charge in [0.25, 0.3) is 0 Å². The van der Waals surface area contributed by atoms with Crippen molar-refractivity contribution in [3.63, 3.8) is 0 Å². The Bertz CT molecular complexity index is 754. The molecule has 1 saturated carbocycles. The minimum Gasteiger partial charge on any atom is -0.313 e. The number of hydrogen-bond donors (Lipinski definition) is 1. The molecular formula is C19H28Cl2N2O2S. The smallest absolute Gasteiger partial charge is 0.244 e. The van der Waals surface area contributed by atoms with Gasteiger partial charge < -0.3 is 5.32 Å². The van der Waals surface area contributed by atoms with Crippen molar-refractivity contribution < 1.29 is 8.42 Å². The highest BCUT2D eigenvalue weighted by molar-refractivity contribution is 7.98. The van der Waals surface area contributed by atoms with Crippen LogP contribution in [-0.2, 0) is 10.0 Å². The molecule has 1 fully saturated rings. The fourth-order valence-electron chi connectivity index (χ4n) is 4.33. The summed E-state index contributed by atoms with van der Waals surface area (Å²) < 4.78 is 28.8. The van der Waals surface area contributed by atoms with Gasteiger partial charge in [-0.3, -0.25) is 0 Å². The van der Waals surface area contributed by atoms with Gasteiger partial charge in [0.15, 0.2) is 0 Å². The fourth-order valence-corrected chi connectivity index (χ4v) is 6.86. The van der Waals surface area contributed by atoms with E-state index in [2.05, 4.69) is 12.2 Å². The van der Waals surface area contributed by atoms with Crippen LogP contribution in [0.2, 0.25) is 5.02 Å². The van der Waals surface area contributed by atoms with Crippen molar-refractivity contribution in [1.82, 2.24) is 9.62 Å². The molecule has 2 aliphatic rings. The third-order valence-electron chi connectivity index (χ3n) is 5.38. The quantitative estimate of drug-likeness (QED) is 0.741. The molecule has 1 heterocycles.